The molecule has 31 heavy (non-hydrogen) atoms. The summed E-state index contributed by atoms with van der Waals surface area (Å²) >= 11 is 0. The second-order valence-electron chi connectivity index (χ2n) is 10.8. The van der Waals surface area contributed by atoms with Crippen molar-refractivity contribution in [3.8, 4) is 0 Å². The van der Waals surface area contributed by atoms with Crippen molar-refractivity contribution >= 4 is 0 Å². The molecule has 0 heterocycles. The van der Waals surface area contributed by atoms with Crippen LogP contribution in [0.5, 0.6) is 0 Å². The van der Waals surface area contributed by atoms with Gasteiger partial charge in [-0.15, -0.1) is 0 Å². The van der Waals surface area contributed by atoms with Crippen molar-refractivity contribution in [3.63, 3.8) is 0 Å². The molecule has 0 saturated carbocycles. The molecule has 4 heteroatoms. The molecule has 0 fully saturated rings. The standard InChI is InChI=1S/C27H57NO3/c1-11-15-16-17-18-19-21-24(27(29-12-2,30-13-3)31-14-4)22-20-23-28(25(5,6)7)26(8,9)10/h24H,11-23H2,1-10H3. The van der Waals surface area contributed by atoms with E-state index >= 15 is 0 Å². The lowest BCUT2D eigenvalue weighted by Crippen LogP contribution is -2.53. The number of unbranched alkanes of at least 4 members (excludes halogenated alkanes) is 5. The first kappa shape index (κ1) is 30.8. The molecular weight excluding hydrogens is 386 g/mol. The molecule has 0 aliphatic rings. The summed E-state index contributed by atoms with van der Waals surface area (Å²) in [4.78, 5) is 2.62. The Labute approximate surface area is 195 Å². The first-order valence-electron chi connectivity index (χ1n) is 13.2. The van der Waals surface area contributed by atoms with Crippen molar-refractivity contribution in [1.82, 2.24) is 4.90 Å². The van der Waals surface area contributed by atoms with E-state index in [-0.39, 0.29) is 17.0 Å². The van der Waals surface area contributed by atoms with Gasteiger partial charge in [-0.25, -0.2) is 0 Å². The van der Waals surface area contributed by atoms with Gasteiger partial charge in [0.05, 0.1) is 0 Å². The third-order valence-corrected chi connectivity index (χ3v) is 6.00. The van der Waals surface area contributed by atoms with Gasteiger partial charge in [-0.2, -0.15) is 0 Å². The van der Waals surface area contributed by atoms with Crippen LogP contribution in [0.1, 0.15) is 127 Å². The smallest absolute Gasteiger partial charge is 0.285 e. The first-order chi connectivity index (χ1) is 14.5. The van der Waals surface area contributed by atoms with E-state index in [0.717, 1.165) is 25.8 Å². The fraction of sp³-hybridized carbons (Fsp3) is 1.00. The Kier molecular flexibility index (Phi) is 15.6. The minimum absolute atomic E-state index is 0.143. The maximum absolute atomic E-state index is 6.20. The van der Waals surface area contributed by atoms with E-state index < -0.39 is 5.97 Å². The zero-order chi connectivity index (χ0) is 24.0. The molecule has 0 aromatic rings. The van der Waals surface area contributed by atoms with Gasteiger partial charge in [0.1, 0.15) is 0 Å². The predicted molar refractivity (Wildman–Crippen MR) is 135 cm³/mol. The Bertz CT molecular complexity index is 394. The van der Waals surface area contributed by atoms with E-state index in [1.54, 1.807) is 0 Å². The van der Waals surface area contributed by atoms with Crippen molar-refractivity contribution in [2.75, 3.05) is 26.4 Å². The fourth-order valence-corrected chi connectivity index (χ4v) is 4.92. The van der Waals surface area contributed by atoms with Crippen molar-refractivity contribution in [2.24, 2.45) is 5.92 Å². The van der Waals surface area contributed by atoms with Crippen LogP contribution in [-0.2, 0) is 14.2 Å². The first-order valence-corrected chi connectivity index (χ1v) is 13.2. The average Bonchev–Trinajstić information content (AvgIpc) is 2.64. The third kappa shape index (κ3) is 12.0. The number of hydrogen-bond donors (Lipinski definition) is 0. The molecule has 1 unspecified atom stereocenters. The molecule has 4 nitrogen and oxygen atoms in total. The largest absolute Gasteiger partial charge is 0.328 e. The van der Waals surface area contributed by atoms with Crippen molar-refractivity contribution < 1.29 is 14.2 Å². The van der Waals surface area contributed by atoms with E-state index in [4.69, 9.17) is 14.2 Å². The molecule has 0 saturated heterocycles. The molecule has 0 aliphatic carbocycles. The predicted octanol–water partition coefficient (Wildman–Crippen LogP) is 7.80. The molecule has 1 atom stereocenters. The van der Waals surface area contributed by atoms with Crippen LogP contribution >= 0.6 is 0 Å². The van der Waals surface area contributed by atoms with E-state index in [2.05, 4.69) is 53.4 Å². The monoisotopic (exact) mass is 443 g/mol. The molecular formula is C27H57NO3. The van der Waals surface area contributed by atoms with Gasteiger partial charge in [0.2, 0.25) is 0 Å². The van der Waals surface area contributed by atoms with Gasteiger partial charge >= 0.3 is 0 Å². The zero-order valence-corrected chi connectivity index (χ0v) is 22.9. The molecule has 0 bridgehead atoms. The summed E-state index contributed by atoms with van der Waals surface area (Å²) in [6.07, 6.45) is 11.1. The highest BCUT2D eigenvalue weighted by molar-refractivity contribution is 4.87. The second-order valence-corrected chi connectivity index (χ2v) is 10.8. The highest BCUT2D eigenvalue weighted by Crippen LogP contribution is 2.35. The molecule has 0 spiro atoms. The Balaban J connectivity index is 5.30. The van der Waals surface area contributed by atoms with Gasteiger partial charge in [-0.1, -0.05) is 45.4 Å². The van der Waals surface area contributed by atoms with Crippen LogP contribution in [0.4, 0.5) is 0 Å². The van der Waals surface area contributed by atoms with E-state index in [9.17, 15) is 0 Å². The third-order valence-electron chi connectivity index (χ3n) is 6.00. The number of nitrogens with zero attached hydrogens (tertiary/aromatic N) is 1. The maximum Gasteiger partial charge on any atom is 0.285 e. The minimum atomic E-state index is -0.907. The van der Waals surface area contributed by atoms with Crippen LogP contribution < -0.4 is 0 Å². The second kappa shape index (κ2) is 15.6. The van der Waals surface area contributed by atoms with Gasteiger partial charge < -0.3 is 14.2 Å². The molecule has 0 amide bonds. The summed E-state index contributed by atoms with van der Waals surface area (Å²) in [7, 11) is 0. The van der Waals surface area contributed by atoms with Crippen molar-refractivity contribution in [1.29, 1.82) is 0 Å². The van der Waals surface area contributed by atoms with E-state index in [1.807, 2.05) is 20.8 Å². The molecule has 0 radical (unpaired) electrons. The highest BCUT2D eigenvalue weighted by Gasteiger charge is 2.42. The van der Waals surface area contributed by atoms with Crippen LogP contribution in [0, 0.1) is 5.92 Å². The van der Waals surface area contributed by atoms with Gasteiger partial charge in [0.25, 0.3) is 5.97 Å². The zero-order valence-electron chi connectivity index (χ0n) is 22.9. The van der Waals surface area contributed by atoms with Crippen molar-refractivity contribution in [3.05, 3.63) is 0 Å². The lowest BCUT2D eigenvalue weighted by molar-refractivity contribution is -0.403. The van der Waals surface area contributed by atoms with Crippen LogP contribution in [0.25, 0.3) is 0 Å². The highest BCUT2D eigenvalue weighted by atomic mass is 16.9. The summed E-state index contributed by atoms with van der Waals surface area (Å²) in [6.45, 7) is 25.2. The molecule has 0 N–H and O–H groups in total. The topological polar surface area (TPSA) is 30.9 Å². The summed E-state index contributed by atoms with van der Waals surface area (Å²) in [6, 6.07) is 0. The fourth-order valence-electron chi connectivity index (χ4n) is 4.92. The van der Waals surface area contributed by atoms with Gasteiger partial charge in [-0.05, 0) is 88.1 Å². The molecule has 0 aliphatic heterocycles. The summed E-state index contributed by atoms with van der Waals surface area (Å²) < 4.78 is 18.6. The average molecular weight is 444 g/mol. The van der Waals surface area contributed by atoms with Gasteiger partial charge in [0, 0.05) is 36.8 Å². The number of rotatable bonds is 18. The number of hydrogen-bond acceptors (Lipinski definition) is 4. The lowest BCUT2D eigenvalue weighted by atomic mass is 9.91. The van der Waals surface area contributed by atoms with E-state index in [0.29, 0.717) is 19.8 Å². The minimum Gasteiger partial charge on any atom is -0.328 e. The van der Waals surface area contributed by atoms with Crippen LogP contribution in [0.2, 0.25) is 0 Å². The van der Waals surface area contributed by atoms with Gasteiger partial charge in [-0.3, -0.25) is 4.90 Å². The molecule has 188 valence electrons. The summed E-state index contributed by atoms with van der Waals surface area (Å²) in [5.74, 6) is -0.656. The molecule has 0 aromatic carbocycles. The SMILES string of the molecule is CCCCCCCCC(CCCN(C(C)(C)C)C(C)(C)C)C(OCC)(OCC)OCC. The Hall–Kier alpha value is -0.160. The van der Waals surface area contributed by atoms with Crippen molar-refractivity contribution in [2.45, 2.75) is 144 Å². The summed E-state index contributed by atoms with van der Waals surface area (Å²) in [5.41, 5.74) is 0.285. The quantitative estimate of drug-likeness (QED) is 0.160. The lowest BCUT2D eigenvalue weighted by Gasteiger charge is -2.46. The van der Waals surface area contributed by atoms with Crippen LogP contribution in [0.3, 0.4) is 0 Å². The van der Waals surface area contributed by atoms with Crippen LogP contribution in [-0.4, -0.2) is 48.3 Å². The molecule has 0 rings (SSSR count). The van der Waals surface area contributed by atoms with Crippen LogP contribution in [0.15, 0.2) is 0 Å². The van der Waals surface area contributed by atoms with Gasteiger partial charge in [0.15, 0.2) is 0 Å². The Morgan fingerprint density at radius 1 is 0.581 bits per heavy atom. The number of ether oxygens (including phenoxy) is 3. The maximum atomic E-state index is 6.20. The molecule has 0 aromatic heterocycles. The Morgan fingerprint density at radius 2 is 1.00 bits per heavy atom. The van der Waals surface area contributed by atoms with E-state index in [1.165, 1.54) is 38.5 Å². The Morgan fingerprint density at radius 3 is 1.42 bits per heavy atom. The summed E-state index contributed by atoms with van der Waals surface area (Å²) in [5, 5.41) is 0. The normalized spacial score (nSPS) is 14.4.